The second-order valence-corrected chi connectivity index (χ2v) is 6.71. The number of benzene rings is 1. The fourth-order valence-corrected chi connectivity index (χ4v) is 3.02. The van der Waals surface area contributed by atoms with Gasteiger partial charge in [0.15, 0.2) is 5.69 Å². The first kappa shape index (κ1) is 23.4. The second-order valence-electron chi connectivity index (χ2n) is 6.30. The number of aliphatic hydroxyl groups excluding tert-OH is 1. The highest BCUT2D eigenvalue weighted by Crippen LogP contribution is 2.20. The SMILES string of the molecule is CCOC(=O)c1cc(C(=O)N[C@H](Cc2ccccc2Cl)[C@@H](CO)C(=O)OCC)n[nH]1. The van der Waals surface area contributed by atoms with E-state index in [4.69, 9.17) is 21.1 Å². The zero-order chi connectivity index (χ0) is 22.1. The third kappa shape index (κ3) is 6.04. The van der Waals surface area contributed by atoms with Crippen LogP contribution in [0.3, 0.4) is 0 Å². The number of esters is 2. The minimum Gasteiger partial charge on any atom is -0.466 e. The van der Waals surface area contributed by atoms with Crippen LogP contribution in [0.4, 0.5) is 0 Å². The van der Waals surface area contributed by atoms with E-state index in [1.807, 2.05) is 0 Å². The number of hydrogen-bond donors (Lipinski definition) is 3. The van der Waals surface area contributed by atoms with Gasteiger partial charge in [-0.2, -0.15) is 5.10 Å². The van der Waals surface area contributed by atoms with Gasteiger partial charge in [0.1, 0.15) is 11.6 Å². The molecule has 0 aliphatic carbocycles. The number of nitrogens with zero attached hydrogens (tertiary/aromatic N) is 1. The molecule has 0 bridgehead atoms. The molecule has 0 aliphatic rings. The molecule has 162 valence electrons. The van der Waals surface area contributed by atoms with Gasteiger partial charge >= 0.3 is 11.9 Å². The highest BCUT2D eigenvalue weighted by atomic mass is 35.5. The molecule has 3 N–H and O–H groups in total. The van der Waals surface area contributed by atoms with E-state index in [1.54, 1.807) is 38.1 Å². The van der Waals surface area contributed by atoms with Crippen LogP contribution in [0.25, 0.3) is 0 Å². The average molecular weight is 438 g/mol. The summed E-state index contributed by atoms with van der Waals surface area (Å²) in [5, 5.41) is 19.2. The van der Waals surface area contributed by atoms with E-state index in [9.17, 15) is 19.5 Å². The number of amides is 1. The molecule has 2 aromatic rings. The number of halogens is 1. The van der Waals surface area contributed by atoms with Gasteiger partial charge in [0.25, 0.3) is 5.91 Å². The summed E-state index contributed by atoms with van der Waals surface area (Å²) in [6, 6.07) is 7.40. The number of aromatic amines is 1. The third-order valence-corrected chi connectivity index (χ3v) is 4.66. The van der Waals surface area contributed by atoms with Crippen LogP contribution in [0.1, 0.15) is 40.4 Å². The summed E-state index contributed by atoms with van der Waals surface area (Å²) in [7, 11) is 0. The Morgan fingerprint density at radius 2 is 1.90 bits per heavy atom. The standard InChI is InChI=1S/C20H24ClN3O6/c1-3-29-19(27)13(11-25)15(9-12-7-5-6-8-14(12)21)22-18(26)16-10-17(24-23-16)20(28)30-4-2/h5-8,10,13,15,25H,3-4,9,11H2,1-2H3,(H,22,26)(H,23,24)/t13-,15-/m1/s1. The molecule has 2 atom stereocenters. The van der Waals surface area contributed by atoms with Gasteiger partial charge < -0.3 is 19.9 Å². The Kier molecular flexibility index (Phi) is 8.82. The summed E-state index contributed by atoms with van der Waals surface area (Å²) >= 11 is 6.22. The second kappa shape index (κ2) is 11.3. The van der Waals surface area contributed by atoms with Crippen molar-refractivity contribution in [3.8, 4) is 0 Å². The molecule has 0 unspecified atom stereocenters. The molecule has 0 fully saturated rings. The number of H-pyrrole nitrogens is 1. The first-order valence-corrected chi connectivity index (χ1v) is 9.83. The molecular weight excluding hydrogens is 414 g/mol. The minimum absolute atomic E-state index is 0.0220. The molecule has 0 spiro atoms. The summed E-state index contributed by atoms with van der Waals surface area (Å²) in [6.45, 7) is 3.07. The fraction of sp³-hybridized carbons (Fsp3) is 0.400. The van der Waals surface area contributed by atoms with Crippen molar-refractivity contribution in [1.82, 2.24) is 15.5 Å². The summed E-state index contributed by atoms with van der Waals surface area (Å²) in [5.74, 6) is -2.95. The van der Waals surface area contributed by atoms with Gasteiger partial charge in [-0.15, -0.1) is 0 Å². The number of carbonyl (C=O) groups is 3. The van der Waals surface area contributed by atoms with Crippen LogP contribution in [0.5, 0.6) is 0 Å². The largest absolute Gasteiger partial charge is 0.466 e. The number of aliphatic hydroxyl groups is 1. The highest BCUT2D eigenvalue weighted by molar-refractivity contribution is 6.31. The number of carbonyl (C=O) groups excluding carboxylic acids is 3. The van der Waals surface area contributed by atoms with Gasteiger partial charge in [0.2, 0.25) is 0 Å². The van der Waals surface area contributed by atoms with Gasteiger partial charge in [-0.1, -0.05) is 29.8 Å². The van der Waals surface area contributed by atoms with Crippen LogP contribution < -0.4 is 5.32 Å². The first-order valence-electron chi connectivity index (χ1n) is 9.45. The van der Waals surface area contributed by atoms with Crippen LogP contribution in [0, 0.1) is 5.92 Å². The average Bonchev–Trinajstić information content (AvgIpc) is 3.21. The van der Waals surface area contributed by atoms with Crippen molar-refractivity contribution >= 4 is 29.4 Å². The molecule has 1 aromatic carbocycles. The summed E-state index contributed by atoms with van der Waals surface area (Å²) in [6.07, 6.45) is 0.171. The van der Waals surface area contributed by atoms with Gasteiger partial charge in [0.05, 0.1) is 19.8 Å². The minimum atomic E-state index is -1.02. The Morgan fingerprint density at radius 1 is 1.20 bits per heavy atom. The number of nitrogens with one attached hydrogen (secondary N) is 2. The maximum Gasteiger partial charge on any atom is 0.356 e. The van der Waals surface area contributed by atoms with Gasteiger partial charge in [0, 0.05) is 17.1 Å². The Hall–Kier alpha value is -2.91. The topological polar surface area (TPSA) is 131 Å². The molecule has 1 heterocycles. The van der Waals surface area contributed by atoms with Crippen molar-refractivity contribution in [1.29, 1.82) is 0 Å². The number of ether oxygens (including phenoxy) is 2. The summed E-state index contributed by atoms with van der Waals surface area (Å²) < 4.78 is 9.88. The van der Waals surface area contributed by atoms with Crippen LogP contribution in [-0.4, -0.2) is 59.0 Å². The normalized spacial score (nSPS) is 12.7. The van der Waals surface area contributed by atoms with E-state index in [-0.39, 0.29) is 31.0 Å². The lowest BCUT2D eigenvalue weighted by molar-refractivity contribution is -0.150. The van der Waals surface area contributed by atoms with E-state index in [0.717, 1.165) is 0 Å². The number of rotatable bonds is 10. The van der Waals surface area contributed by atoms with Crippen LogP contribution >= 0.6 is 11.6 Å². The Labute approximate surface area is 178 Å². The van der Waals surface area contributed by atoms with E-state index < -0.39 is 36.4 Å². The van der Waals surface area contributed by atoms with Gasteiger partial charge in [-0.05, 0) is 31.9 Å². The van der Waals surface area contributed by atoms with E-state index in [2.05, 4.69) is 15.5 Å². The van der Waals surface area contributed by atoms with Gasteiger partial charge in [-0.25, -0.2) is 4.79 Å². The van der Waals surface area contributed by atoms with E-state index >= 15 is 0 Å². The van der Waals surface area contributed by atoms with Crippen LogP contribution in [-0.2, 0) is 20.7 Å². The molecule has 9 nitrogen and oxygen atoms in total. The summed E-state index contributed by atoms with van der Waals surface area (Å²) in [5.41, 5.74) is 0.637. The third-order valence-electron chi connectivity index (χ3n) is 4.29. The lowest BCUT2D eigenvalue weighted by Crippen LogP contribution is -2.47. The van der Waals surface area contributed by atoms with E-state index in [1.165, 1.54) is 6.07 Å². The van der Waals surface area contributed by atoms with E-state index in [0.29, 0.717) is 10.6 Å². The zero-order valence-electron chi connectivity index (χ0n) is 16.7. The molecule has 2 rings (SSSR count). The monoisotopic (exact) mass is 437 g/mol. The van der Waals surface area contributed by atoms with Gasteiger partial charge in [-0.3, -0.25) is 14.7 Å². The van der Waals surface area contributed by atoms with Crippen molar-refractivity contribution in [2.45, 2.75) is 26.3 Å². The molecule has 0 radical (unpaired) electrons. The quantitative estimate of drug-likeness (QED) is 0.482. The predicted octanol–water partition coefficient (Wildman–Crippen LogP) is 1.75. The first-order chi connectivity index (χ1) is 14.4. The Morgan fingerprint density at radius 3 is 2.53 bits per heavy atom. The zero-order valence-corrected chi connectivity index (χ0v) is 17.4. The van der Waals surface area contributed by atoms with Crippen LogP contribution in [0.15, 0.2) is 30.3 Å². The molecule has 0 saturated heterocycles. The molecule has 10 heteroatoms. The van der Waals surface area contributed by atoms with Crippen molar-refractivity contribution in [2.75, 3.05) is 19.8 Å². The lowest BCUT2D eigenvalue weighted by Gasteiger charge is -2.25. The molecule has 0 saturated carbocycles. The van der Waals surface area contributed by atoms with Crippen molar-refractivity contribution in [3.63, 3.8) is 0 Å². The Bertz CT molecular complexity index is 885. The highest BCUT2D eigenvalue weighted by Gasteiger charge is 2.32. The number of aromatic nitrogens is 2. The Balaban J connectivity index is 2.25. The van der Waals surface area contributed by atoms with Crippen LogP contribution in [0.2, 0.25) is 5.02 Å². The maximum atomic E-state index is 12.7. The molecule has 30 heavy (non-hydrogen) atoms. The lowest BCUT2D eigenvalue weighted by atomic mass is 9.93. The smallest absolute Gasteiger partial charge is 0.356 e. The predicted molar refractivity (Wildman–Crippen MR) is 108 cm³/mol. The molecule has 1 amide bonds. The molecule has 1 aromatic heterocycles. The van der Waals surface area contributed by atoms with Crippen molar-refractivity contribution < 1.29 is 29.0 Å². The van der Waals surface area contributed by atoms with Crippen molar-refractivity contribution in [2.24, 2.45) is 5.92 Å². The number of hydrogen-bond acceptors (Lipinski definition) is 7. The maximum absolute atomic E-state index is 12.7. The summed E-state index contributed by atoms with van der Waals surface area (Å²) in [4.78, 5) is 36.8. The van der Waals surface area contributed by atoms with Crippen molar-refractivity contribution in [3.05, 3.63) is 52.3 Å². The molecular formula is C20H24ClN3O6. The fourth-order valence-electron chi connectivity index (χ4n) is 2.80. The molecule has 0 aliphatic heterocycles.